The number of rotatable bonds is 4. The first-order chi connectivity index (χ1) is 10.3. The van der Waals surface area contributed by atoms with E-state index in [1.54, 1.807) is 0 Å². The number of hydrogen-bond donors (Lipinski definition) is 0. The molecular formula is C17H29NO3S. The molecule has 2 aliphatic carbocycles. The molecule has 1 aliphatic heterocycles. The summed E-state index contributed by atoms with van der Waals surface area (Å²) in [5.41, 5.74) is 0.281. The molecule has 0 aromatic heterocycles. The largest absolute Gasteiger partial charge is 0.343 e. The van der Waals surface area contributed by atoms with Crippen molar-refractivity contribution in [2.75, 3.05) is 25.1 Å². The van der Waals surface area contributed by atoms with Crippen LogP contribution in [0.4, 0.5) is 0 Å². The van der Waals surface area contributed by atoms with E-state index in [0.717, 1.165) is 38.8 Å². The lowest BCUT2D eigenvalue weighted by atomic mass is 9.68. The first-order valence-electron chi connectivity index (χ1n) is 8.77. The van der Waals surface area contributed by atoms with Gasteiger partial charge in [0.2, 0.25) is 5.91 Å². The van der Waals surface area contributed by atoms with E-state index in [1.807, 2.05) is 4.90 Å². The normalized spacial score (nSPS) is 26.9. The van der Waals surface area contributed by atoms with E-state index in [4.69, 9.17) is 0 Å². The fraction of sp³-hybridized carbons (Fsp3) is 0.941. The van der Waals surface area contributed by atoms with Crippen molar-refractivity contribution in [3.8, 4) is 0 Å². The first-order valence-corrected chi connectivity index (χ1v) is 10.8. The molecule has 3 fully saturated rings. The number of nitrogens with zero attached hydrogens (tertiary/aromatic N) is 1. The van der Waals surface area contributed by atoms with E-state index >= 15 is 0 Å². The quantitative estimate of drug-likeness (QED) is 0.798. The Kier molecular flexibility index (Phi) is 4.30. The number of piperidine rings is 1. The number of carbonyl (C=O) groups excluding carboxylic acids is 1. The number of likely N-dealkylation sites (tertiary alicyclic amines) is 1. The lowest BCUT2D eigenvalue weighted by Gasteiger charge is -2.44. The van der Waals surface area contributed by atoms with E-state index in [2.05, 4.69) is 0 Å². The number of hydrogen-bond acceptors (Lipinski definition) is 3. The van der Waals surface area contributed by atoms with E-state index in [-0.39, 0.29) is 17.1 Å². The molecule has 4 nitrogen and oxygen atoms in total. The zero-order valence-corrected chi connectivity index (χ0v) is 14.6. The lowest BCUT2D eigenvalue weighted by molar-refractivity contribution is -0.135. The van der Waals surface area contributed by atoms with Crippen molar-refractivity contribution in [1.29, 1.82) is 0 Å². The van der Waals surface area contributed by atoms with Crippen LogP contribution in [0.25, 0.3) is 0 Å². The molecule has 5 heteroatoms. The van der Waals surface area contributed by atoms with Crippen LogP contribution in [0.3, 0.4) is 0 Å². The Morgan fingerprint density at radius 2 is 1.55 bits per heavy atom. The molecule has 126 valence electrons. The van der Waals surface area contributed by atoms with Crippen LogP contribution < -0.4 is 0 Å². The molecule has 0 aromatic rings. The molecule has 3 rings (SSSR count). The predicted octanol–water partition coefficient (Wildman–Crippen LogP) is 2.77. The standard InChI is InChI=1S/C17H29NO3S/c1-22(20,21)14-17(7-8-17)13-15(19)18-11-9-16(10-12-18)5-3-2-4-6-16/h2-14H2,1H3. The second-order valence-corrected chi connectivity index (χ2v) is 10.3. The van der Waals surface area contributed by atoms with Gasteiger partial charge in [-0.2, -0.15) is 0 Å². The van der Waals surface area contributed by atoms with Crippen molar-refractivity contribution < 1.29 is 13.2 Å². The fourth-order valence-electron chi connectivity index (χ4n) is 4.57. The highest BCUT2D eigenvalue weighted by atomic mass is 32.2. The Morgan fingerprint density at radius 3 is 2.05 bits per heavy atom. The molecular weight excluding hydrogens is 298 g/mol. The Hall–Kier alpha value is -0.580. The van der Waals surface area contributed by atoms with Gasteiger partial charge in [0.25, 0.3) is 0 Å². The summed E-state index contributed by atoms with van der Waals surface area (Å²) in [6.07, 6.45) is 12.6. The summed E-state index contributed by atoms with van der Waals surface area (Å²) in [6, 6.07) is 0. The Morgan fingerprint density at radius 1 is 0.955 bits per heavy atom. The van der Waals surface area contributed by atoms with Gasteiger partial charge in [0.15, 0.2) is 0 Å². The summed E-state index contributed by atoms with van der Waals surface area (Å²) >= 11 is 0. The Labute approximate surface area is 134 Å². The zero-order chi connectivity index (χ0) is 15.8. The Bertz CT molecular complexity index is 520. The van der Waals surface area contributed by atoms with Gasteiger partial charge in [-0.3, -0.25) is 4.79 Å². The van der Waals surface area contributed by atoms with Gasteiger partial charge in [-0.1, -0.05) is 19.3 Å². The van der Waals surface area contributed by atoms with Crippen molar-refractivity contribution in [3.05, 3.63) is 0 Å². The average Bonchev–Trinajstić information content (AvgIpc) is 3.17. The lowest BCUT2D eigenvalue weighted by Crippen LogP contribution is -2.44. The number of carbonyl (C=O) groups is 1. The molecule has 0 N–H and O–H groups in total. The van der Waals surface area contributed by atoms with Crippen molar-refractivity contribution in [1.82, 2.24) is 4.90 Å². The van der Waals surface area contributed by atoms with E-state index in [1.165, 1.54) is 38.4 Å². The van der Waals surface area contributed by atoms with Crippen LogP contribution in [-0.4, -0.2) is 44.3 Å². The molecule has 1 heterocycles. The van der Waals surface area contributed by atoms with E-state index in [0.29, 0.717) is 11.8 Å². The zero-order valence-electron chi connectivity index (χ0n) is 13.8. The van der Waals surface area contributed by atoms with Gasteiger partial charge in [0.05, 0.1) is 5.75 Å². The third kappa shape index (κ3) is 3.84. The van der Waals surface area contributed by atoms with Crippen molar-refractivity contribution in [2.45, 2.75) is 64.2 Å². The maximum atomic E-state index is 12.5. The van der Waals surface area contributed by atoms with Crippen LogP contribution in [0.5, 0.6) is 0 Å². The minimum atomic E-state index is -2.99. The van der Waals surface area contributed by atoms with Gasteiger partial charge in [0, 0.05) is 25.8 Å². The smallest absolute Gasteiger partial charge is 0.223 e. The van der Waals surface area contributed by atoms with E-state index < -0.39 is 9.84 Å². The molecule has 1 spiro atoms. The van der Waals surface area contributed by atoms with Gasteiger partial charge < -0.3 is 4.90 Å². The second kappa shape index (κ2) is 5.81. The summed E-state index contributed by atoms with van der Waals surface area (Å²) in [4.78, 5) is 14.5. The maximum Gasteiger partial charge on any atom is 0.223 e. The summed E-state index contributed by atoms with van der Waals surface area (Å²) in [7, 11) is -2.99. The monoisotopic (exact) mass is 327 g/mol. The highest BCUT2D eigenvalue weighted by Crippen LogP contribution is 2.50. The molecule has 22 heavy (non-hydrogen) atoms. The first kappa shape index (κ1) is 16.3. The summed E-state index contributed by atoms with van der Waals surface area (Å²) < 4.78 is 23.0. The van der Waals surface area contributed by atoms with Crippen LogP contribution in [-0.2, 0) is 14.6 Å². The molecule has 0 bridgehead atoms. The van der Waals surface area contributed by atoms with Crippen molar-refractivity contribution >= 4 is 15.7 Å². The summed E-state index contributed by atoms with van der Waals surface area (Å²) in [6.45, 7) is 1.77. The molecule has 2 saturated carbocycles. The van der Waals surface area contributed by atoms with Crippen LogP contribution in [0.15, 0.2) is 0 Å². The molecule has 1 saturated heterocycles. The summed E-state index contributed by atoms with van der Waals surface area (Å²) in [5, 5.41) is 0. The topological polar surface area (TPSA) is 54.5 Å². The molecule has 0 aromatic carbocycles. The molecule has 1 amide bonds. The fourth-order valence-corrected chi connectivity index (χ4v) is 6.07. The van der Waals surface area contributed by atoms with Crippen LogP contribution in [0, 0.1) is 10.8 Å². The number of sulfone groups is 1. The van der Waals surface area contributed by atoms with Gasteiger partial charge in [0.1, 0.15) is 9.84 Å². The molecule has 0 atom stereocenters. The predicted molar refractivity (Wildman–Crippen MR) is 87.3 cm³/mol. The Balaban J connectivity index is 1.52. The van der Waals surface area contributed by atoms with E-state index in [9.17, 15) is 13.2 Å². The van der Waals surface area contributed by atoms with Crippen molar-refractivity contribution in [2.24, 2.45) is 10.8 Å². The van der Waals surface area contributed by atoms with Crippen LogP contribution in [0.2, 0.25) is 0 Å². The second-order valence-electron chi connectivity index (χ2n) is 8.19. The SMILES string of the molecule is CS(=O)(=O)CC1(CC(=O)N2CCC3(CCCCC3)CC2)CC1. The van der Waals surface area contributed by atoms with Gasteiger partial charge >= 0.3 is 0 Å². The van der Waals surface area contributed by atoms with Gasteiger partial charge in [-0.25, -0.2) is 8.42 Å². The van der Waals surface area contributed by atoms with Crippen molar-refractivity contribution in [3.63, 3.8) is 0 Å². The molecule has 0 unspecified atom stereocenters. The van der Waals surface area contributed by atoms with Gasteiger partial charge in [-0.05, 0) is 49.4 Å². The third-order valence-corrected chi connectivity index (χ3v) is 7.28. The highest BCUT2D eigenvalue weighted by molar-refractivity contribution is 7.90. The maximum absolute atomic E-state index is 12.5. The van der Waals surface area contributed by atoms with Gasteiger partial charge in [-0.15, -0.1) is 0 Å². The minimum Gasteiger partial charge on any atom is -0.343 e. The minimum absolute atomic E-state index is 0.184. The molecule has 3 aliphatic rings. The molecule has 0 radical (unpaired) electrons. The number of amides is 1. The van der Waals surface area contributed by atoms with Crippen LogP contribution >= 0.6 is 0 Å². The summed E-state index contributed by atoms with van der Waals surface area (Å²) in [5.74, 6) is 0.371. The third-order valence-electron chi connectivity index (χ3n) is 6.14. The average molecular weight is 327 g/mol. The van der Waals surface area contributed by atoms with Crippen LogP contribution in [0.1, 0.15) is 64.2 Å². The highest BCUT2D eigenvalue weighted by Gasteiger charge is 2.48.